The molecule has 1 aliphatic rings. The van der Waals surface area contributed by atoms with E-state index in [0.29, 0.717) is 24.9 Å². The highest BCUT2D eigenvalue weighted by Crippen LogP contribution is 2.23. The Morgan fingerprint density at radius 1 is 1.42 bits per heavy atom. The fourth-order valence-corrected chi connectivity index (χ4v) is 2.09. The van der Waals surface area contributed by atoms with Gasteiger partial charge in [0.15, 0.2) is 0 Å². The number of hydrogen-bond donors (Lipinski definition) is 1. The summed E-state index contributed by atoms with van der Waals surface area (Å²) in [7, 11) is 0. The predicted molar refractivity (Wildman–Crippen MR) is 66.0 cm³/mol. The van der Waals surface area contributed by atoms with Gasteiger partial charge in [-0.15, -0.1) is 0 Å². The molecule has 6 heteroatoms. The van der Waals surface area contributed by atoms with Crippen LogP contribution >= 0.6 is 0 Å². The second kappa shape index (κ2) is 5.07. The van der Waals surface area contributed by atoms with Gasteiger partial charge in [0.2, 0.25) is 11.7 Å². The third-order valence-corrected chi connectivity index (χ3v) is 3.09. The lowest BCUT2D eigenvalue weighted by atomic mass is 10.1. The van der Waals surface area contributed by atoms with E-state index in [0.717, 1.165) is 17.7 Å². The number of morpholine rings is 1. The van der Waals surface area contributed by atoms with Gasteiger partial charge in [-0.1, -0.05) is 5.16 Å². The van der Waals surface area contributed by atoms with E-state index >= 15 is 0 Å². The Labute approximate surface area is 109 Å². The van der Waals surface area contributed by atoms with Crippen LogP contribution < -0.4 is 5.32 Å². The fraction of sp³-hybridized carbons (Fsp3) is 0.385. The van der Waals surface area contributed by atoms with E-state index in [2.05, 4.69) is 15.5 Å². The summed E-state index contributed by atoms with van der Waals surface area (Å²) in [6.45, 7) is 3.78. The van der Waals surface area contributed by atoms with E-state index in [-0.39, 0.29) is 11.9 Å². The van der Waals surface area contributed by atoms with Crippen LogP contribution in [0, 0.1) is 12.7 Å². The van der Waals surface area contributed by atoms with Gasteiger partial charge in [-0.05, 0) is 30.7 Å². The SMILES string of the molecule is Cc1cc(F)ccc1-c1noc(C2COCCN2)n1. The quantitative estimate of drug-likeness (QED) is 0.896. The van der Waals surface area contributed by atoms with Crippen molar-refractivity contribution in [1.82, 2.24) is 15.5 Å². The van der Waals surface area contributed by atoms with Gasteiger partial charge in [-0.2, -0.15) is 4.98 Å². The van der Waals surface area contributed by atoms with Gasteiger partial charge in [-0.25, -0.2) is 4.39 Å². The summed E-state index contributed by atoms with van der Waals surface area (Å²) in [6, 6.07) is 4.42. The van der Waals surface area contributed by atoms with Crippen LogP contribution in [-0.2, 0) is 4.74 Å². The van der Waals surface area contributed by atoms with Gasteiger partial charge in [0.25, 0.3) is 0 Å². The molecular weight excluding hydrogens is 249 g/mol. The monoisotopic (exact) mass is 263 g/mol. The Hall–Kier alpha value is -1.79. The molecule has 0 saturated carbocycles. The van der Waals surface area contributed by atoms with Crippen LogP contribution in [0.25, 0.3) is 11.4 Å². The van der Waals surface area contributed by atoms with Crippen molar-refractivity contribution in [2.24, 2.45) is 0 Å². The van der Waals surface area contributed by atoms with Crippen molar-refractivity contribution >= 4 is 0 Å². The van der Waals surface area contributed by atoms with Gasteiger partial charge in [0, 0.05) is 12.1 Å². The summed E-state index contributed by atoms with van der Waals surface area (Å²) in [6.07, 6.45) is 0. The van der Waals surface area contributed by atoms with Crippen molar-refractivity contribution in [3.63, 3.8) is 0 Å². The van der Waals surface area contributed by atoms with Gasteiger partial charge < -0.3 is 14.6 Å². The first-order chi connectivity index (χ1) is 9.24. The lowest BCUT2D eigenvalue weighted by Crippen LogP contribution is -2.34. The molecule has 2 aromatic rings. The summed E-state index contributed by atoms with van der Waals surface area (Å²) < 4.78 is 23.7. The van der Waals surface area contributed by atoms with Crippen LogP contribution in [0.3, 0.4) is 0 Å². The van der Waals surface area contributed by atoms with E-state index in [1.54, 1.807) is 6.07 Å². The number of benzene rings is 1. The lowest BCUT2D eigenvalue weighted by Gasteiger charge is -2.20. The molecule has 1 N–H and O–H groups in total. The van der Waals surface area contributed by atoms with E-state index in [4.69, 9.17) is 9.26 Å². The third kappa shape index (κ3) is 2.50. The molecule has 2 heterocycles. The predicted octanol–water partition coefficient (Wildman–Crippen LogP) is 1.85. The number of aromatic nitrogens is 2. The molecule has 0 spiro atoms. The Kier molecular flexibility index (Phi) is 3.27. The summed E-state index contributed by atoms with van der Waals surface area (Å²) >= 11 is 0. The second-order valence-electron chi connectivity index (χ2n) is 4.50. The molecule has 0 aliphatic carbocycles. The zero-order chi connectivity index (χ0) is 13.2. The van der Waals surface area contributed by atoms with E-state index < -0.39 is 0 Å². The van der Waals surface area contributed by atoms with Gasteiger partial charge in [-0.3, -0.25) is 0 Å². The molecule has 5 nitrogen and oxygen atoms in total. The molecule has 0 amide bonds. The van der Waals surface area contributed by atoms with Gasteiger partial charge in [0.1, 0.15) is 11.9 Å². The molecule has 0 radical (unpaired) electrons. The molecule has 3 rings (SSSR count). The number of halogens is 1. The molecule has 1 atom stereocenters. The maximum absolute atomic E-state index is 13.1. The minimum absolute atomic E-state index is 0.0734. The van der Waals surface area contributed by atoms with Gasteiger partial charge in [0.05, 0.1) is 13.2 Å². The van der Waals surface area contributed by atoms with Crippen LogP contribution in [0.1, 0.15) is 17.5 Å². The van der Waals surface area contributed by atoms with Crippen LogP contribution in [-0.4, -0.2) is 29.9 Å². The van der Waals surface area contributed by atoms with Crippen LogP contribution in [0.15, 0.2) is 22.7 Å². The molecular formula is C13H14FN3O2. The van der Waals surface area contributed by atoms with Crippen molar-refractivity contribution in [3.05, 3.63) is 35.5 Å². The molecule has 1 saturated heterocycles. The zero-order valence-corrected chi connectivity index (χ0v) is 10.5. The maximum Gasteiger partial charge on any atom is 0.246 e. The van der Waals surface area contributed by atoms with E-state index in [9.17, 15) is 4.39 Å². The van der Waals surface area contributed by atoms with Gasteiger partial charge >= 0.3 is 0 Å². The highest BCUT2D eigenvalue weighted by atomic mass is 19.1. The number of rotatable bonds is 2. The molecule has 1 unspecified atom stereocenters. The molecule has 100 valence electrons. The Bertz CT molecular complexity index is 579. The van der Waals surface area contributed by atoms with Crippen molar-refractivity contribution in [2.75, 3.05) is 19.8 Å². The van der Waals surface area contributed by atoms with Crippen molar-refractivity contribution in [2.45, 2.75) is 13.0 Å². The first-order valence-electron chi connectivity index (χ1n) is 6.15. The molecule has 19 heavy (non-hydrogen) atoms. The lowest BCUT2D eigenvalue weighted by molar-refractivity contribution is 0.0659. The Morgan fingerprint density at radius 3 is 3.05 bits per heavy atom. The molecule has 1 fully saturated rings. The molecule has 1 aliphatic heterocycles. The topological polar surface area (TPSA) is 60.2 Å². The minimum atomic E-state index is -0.271. The summed E-state index contributed by atoms with van der Waals surface area (Å²) in [5.74, 6) is 0.700. The van der Waals surface area contributed by atoms with Crippen molar-refractivity contribution in [3.8, 4) is 11.4 Å². The number of hydrogen-bond acceptors (Lipinski definition) is 5. The largest absolute Gasteiger partial charge is 0.378 e. The fourth-order valence-electron chi connectivity index (χ4n) is 2.09. The average Bonchev–Trinajstić information content (AvgIpc) is 2.89. The van der Waals surface area contributed by atoms with E-state index in [1.165, 1.54) is 12.1 Å². The highest BCUT2D eigenvalue weighted by molar-refractivity contribution is 5.59. The number of aryl methyl sites for hydroxylation is 1. The normalized spacial score (nSPS) is 19.6. The first kappa shape index (κ1) is 12.3. The highest BCUT2D eigenvalue weighted by Gasteiger charge is 2.22. The average molecular weight is 263 g/mol. The van der Waals surface area contributed by atoms with Crippen LogP contribution in [0.4, 0.5) is 4.39 Å². The van der Waals surface area contributed by atoms with Crippen molar-refractivity contribution in [1.29, 1.82) is 0 Å². The minimum Gasteiger partial charge on any atom is -0.378 e. The molecule has 0 bridgehead atoms. The number of nitrogens with one attached hydrogen (secondary N) is 1. The second-order valence-corrected chi connectivity index (χ2v) is 4.50. The third-order valence-electron chi connectivity index (χ3n) is 3.09. The smallest absolute Gasteiger partial charge is 0.246 e. The van der Waals surface area contributed by atoms with E-state index in [1.807, 2.05) is 6.92 Å². The van der Waals surface area contributed by atoms with Crippen LogP contribution in [0.2, 0.25) is 0 Å². The molecule has 1 aromatic carbocycles. The summed E-state index contributed by atoms with van der Waals surface area (Å²) in [5, 5.41) is 7.19. The Morgan fingerprint density at radius 2 is 2.32 bits per heavy atom. The van der Waals surface area contributed by atoms with Crippen molar-refractivity contribution < 1.29 is 13.7 Å². The summed E-state index contributed by atoms with van der Waals surface area (Å²) in [4.78, 5) is 4.35. The van der Waals surface area contributed by atoms with Crippen LogP contribution in [0.5, 0.6) is 0 Å². The first-order valence-corrected chi connectivity index (χ1v) is 6.15. The molecule has 1 aromatic heterocycles. The Balaban J connectivity index is 1.87. The summed E-state index contributed by atoms with van der Waals surface area (Å²) in [5.41, 5.74) is 1.55. The maximum atomic E-state index is 13.1. The number of ether oxygens (including phenoxy) is 1. The number of nitrogens with zero attached hydrogens (tertiary/aromatic N) is 2. The zero-order valence-electron chi connectivity index (χ0n) is 10.5. The standard InChI is InChI=1S/C13H14FN3O2/c1-8-6-9(14)2-3-10(8)12-16-13(19-17-12)11-7-18-5-4-15-11/h2-3,6,11,15H,4-5,7H2,1H3.